The molecule has 0 unspecified atom stereocenters. The number of aliphatic hydroxyl groups excluding tert-OH is 1. The van der Waals surface area contributed by atoms with Gasteiger partial charge in [0.25, 0.3) is 0 Å². The van der Waals surface area contributed by atoms with Crippen molar-refractivity contribution in [1.82, 2.24) is 0 Å². The quantitative estimate of drug-likeness (QED) is 0.389. The van der Waals surface area contributed by atoms with E-state index in [1.807, 2.05) is 0 Å². The van der Waals surface area contributed by atoms with Gasteiger partial charge >= 0.3 is 5.97 Å². The molecule has 0 aliphatic carbocycles. The molecule has 1 N–H and O–H groups in total. The molecule has 1 aromatic carbocycles. The molecule has 0 radical (unpaired) electrons. The van der Waals surface area contributed by atoms with Gasteiger partial charge in [-0.2, -0.15) is 0 Å². The molecule has 0 saturated heterocycles. The Kier molecular flexibility index (Phi) is 4.91. The summed E-state index contributed by atoms with van der Waals surface area (Å²) in [6, 6.07) is 2.67. The Balaban J connectivity index is 2.88. The van der Waals surface area contributed by atoms with Gasteiger partial charge in [0.15, 0.2) is 5.82 Å². The second kappa shape index (κ2) is 6.43. The van der Waals surface area contributed by atoms with E-state index in [2.05, 4.69) is 15.0 Å². The normalized spacial score (nSPS) is 11.8. The number of hydrogen-bond acceptors (Lipinski definition) is 5. The second-order valence-electron chi connectivity index (χ2n) is 3.03. The number of ether oxygens (including phenoxy) is 1. The molecule has 0 spiro atoms. The maximum absolute atomic E-state index is 13.2. The summed E-state index contributed by atoms with van der Waals surface area (Å²) < 4.78 is 30.3. The molecule has 0 atom stereocenters. The highest BCUT2D eigenvalue weighted by molar-refractivity contribution is 5.87. The number of carbonyl (C=O) groups excluding carboxylic acids is 1. The molecule has 5 nitrogen and oxygen atoms in total. The topological polar surface area (TPSA) is 71.2 Å². The van der Waals surface area contributed by atoms with Gasteiger partial charge in [0.2, 0.25) is 5.70 Å². The number of benzene rings is 1. The minimum absolute atomic E-state index is 0.0939. The largest absolute Gasteiger partial charge is 0.513 e. The lowest BCUT2D eigenvalue weighted by molar-refractivity contribution is -0.138. The minimum atomic E-state index is -0.931. The van der Waals surface area contributed by atoms with Crippen molar-refractivity contribution in [2.45, 2.75) is 6.92 Å². The summed E-state index contributed by atoms with van der Waals surface area (Å²) in [6.07, 6.45) is 0.392. The summed E-state index contributed by atoms with van der Waals surface area (Å²) >= 11 is 0. The molecule has 7 heteroatoms. The van der Waals surface area contributed by atoms with Gasteiger partial charge < -0.3 is 9.84 Å². The van der Waals surface area contributed by atoms with E-state index in [0.717, 1.165) is 12.1 Å². The first-order valence-corrected chi connectivity index (χ1v) is 4.96. The van der Waals surface area contributed by atoms with E-state index in [9.17, 15) is 13.6 Å². The van der Waals surface area contributed by atoms with Crippen LogP contribution >= 0.6 is 0 Å². The third kappa shape index (κ3) is 3.62. The number of carbonyl (C=O) groups is 1. The fraction of sp³-hybridized carbons (Fsp3) is 0.182. The van der Waals surface area contributed by atoms with Crippen LogP contribution in [0.4, 0.5) is 14.5 Å². The number of aliphatic hydroxyl groups is 1. The smallest absolute Gasteiger partial charge is 0.362 e. The molecule has 18 heavy (non-hydrogen) atoms. The molecule has 0 aliphatic heterocycles. The number of nitrogens with zero attached hydrogens (tertiary/aromatic N) is 2. The van der Waals surface area contributed by atoms with E-state index in [4.69, 9.17) is 5.11 Å². The molecule has 0 heterocycles. The lowest BCUT2D eigenvalue weighted by Gasteiger charge is -1.99. The van der Waals surface area contributed by atoms with E-state index in [1.165, 1.54) is 0 Å². The number of rotatable bonds is 4. The molecule has 1 aromatic rings. The van der Waals surface area contributed by atoms with E-state index in [0.29, 0.717) is 12.3 Å². The monoisotopic (exact) mass is 256 g/mol. The zero-order chi connectivity index (χ0) is 13.5. The highest BCUT2D eigenvalue weighted by Crippen LogP contribution is 2.19. The third-order valence-electron chi connectivity index (χ3n) is 1.78. The molecular formula is C11H10F2N2O3. The predicted molar refractivity (Wildman–Crippen MR) is 58.2 cm³/mol. The van der Waals surface area contributed by atoms with Crippen molar-refractivity contribution in [2.24, 2.45) is 10.2 Å². The Labute approximate surface area is 101 Å². The minimum Gasteiger partial charge on any atom is -0.513 e. The lowest BCUT2D eigenvalue weighted by atomic mass is 10.3. The van der Waals surface area contributed by atoms with Crippen molar-refractivity contribution >= 4 is 11.7 Å². The molecule has 0 saturated carbocycles. The van der Waals surface area contributed by atoms with Crippen LogP contribution in [0.25, 0.3) is 0 Å². The van der Waals surface area contributed by atoms with E-state index < -0.39 is 23.3 Å². The van der Waals surface area contributed by atoms with Gasteiger partial charge in [0.05, 0.1) is 6.61 Å². The first-order valence-electron chi connectivity index (χ1n) is 4.96. The van der Waals surface area contributed by atoms with Crippen molar-refractivity contribution in [3.8, 4) is 0 Å². The van der Waals surface area contributed by atoms with Gasteiger partial charge in [-0.1, -0.05) is 0 Å². The molecule has 1 rings (SSSR count). The number of azo groups is 1. The van der Waals surface area contributed by atoms with Gasteiger partial charge in [0, 0.05) is 6.07 Å². The number of esters is 1. The molecule has 0 amide bonds. The number of halogens is 2. The maximum atomic E-state index is 13.2. The van der Waals surface area contributed by atoms with E-state index in [-0.39, 0.29) is 12.3 Å². The molecule has 0 fully saturated rings. The van der Waals surface area contributed by atoms with Crippen molar-refractivity contribution in [1.29, 1.82) is 0 Å². The Hall–Kier alpha value is -2.31. The zero-order valence-electron chi connectivity index (χ0n) is 9.43. The average molecular weight is 256 g/mol. The highest BCUT2D eigenvalue weighted by Gasteiger charge is 2.10. The van der Waals surface area contributed by atoms with Crippen molar-refractivity contribution in [3.63, 3.8) is 0 Å². The zero-order valence-corrected chi connectivity index (χ0v) is 9.43. The number of hydrogen-bond donors (Lipinski definition) is 1. The van der Waals surface area contributed by atoms with Crippen LogP contribution in [0.3, 0.4) is 0 Å². The van der Waals surface area contributed by atoms with Gasteiger partial charge in [-0.3, -0.25) is 0 Å². The molecule has 0 aromatic heterocycles. The van der Waals surface area contributed by atoms with Crippen molar-refractivity contribution in [2.75, 3.05) is 6.61 Å². The lowest BCUT2D eigenvalue weighted by Crippen LogP contribution is -2.05. The van der Waals surface area contributed by atoms with Crippen LogP contribution < -0.4 is 0 Å². The Morgan fingerprint density at radius 3 is 2.78 bits per heavy atom. The first kappa shape index (κ1) is 13.8. The first-order chi connectivity index (χ1) is 8.58. The Morgan fingerprint density at radius 1 is 1.50 bits per heavy atom. The van der Waals surface area contributed by atoms with E-state index >= 15 is 0 Å². The summed E-state index contributed by atoms with van der Waals surface area (Å²) in [5.74, 6) is -2.58. The summed E-state index contributed by atoms with van der Waals surface area (Å²) in [4.78, 5) is 11.2. The van der Waals surface area contributed by atoms with Crippen LogP contribution in [0, 0.1) is 11.6 Å². The van der Waals surface area contributed by atoms with Crippen LogP contribution in [-0.4, -0.2) is 17.7 Å². The maximum Gasteiger partial charge on any atom is 0.362 e. The highest BCUT2D eigenvalue weighted by atomic mass is 19.1. The summed E-state index contributed by atoms with van der Waals surface area (Å²) in [7, 11) is 0. The van der Waals surface area contributed by atoms with Crippen LogP contribution in [0.5, 0.6) is 0 Å². The van der Waals surface area contributed by atoms with Crippen LogP contribution in [0.15, 0.2) is 40.4 Å². The predicted octanol–water partition coefficient (Wildman–Crippen LogP) is 3.01. The van der Waals surface area contributed by atoms with Gasteiger partial charge in [-0.15, -0.1) is 10.2 Å². The molecule has 0 aliphatic rings. The van der Waals surface area contributed by atoms with Crippen molar-refractivity contribution < 1.29 is 23.4 Å². The standard InChI is InChI=1S/C11H10F2N2O3/c1-2-18-11(17)10(6-16)15-14-9-4-3-7(12)5-8(9)13/h3-6,16H,2H2,1H3. The molecule has 96 valence electrons. The van der Waals surface area contributed by atoms with Gasteiger partial charge in [-0.25, -0.2) is 13.6 Å². The van der Waals surface area contributed by atoms with Gasteiger partial charge in [-0.05, 0) is 19.1 Å². The SMILES string of the molecule is CCOC(=O)C(=CO)N=Nc1ccc(F)cc1F. The summed E-state index contributed by atoms with van der Waals surface area (Å²) in [6.45, 7) is 1.67. The van der Waals surface area contributed by atoms with Crippen LogP contribution in [0.1, 0.15) is 6.92 Å². The summed E-state index contributed by atoms with van der Waals surface area (Å²) in [5, 5.41) is 15.4. The van der Waals surface area contributed by atoms with Crippen LogP contribution in [-0.2, 0) is 9.53 Å². The fourth-order valence-electron chi connectivity index (χ4n) is 0.994. The Bertz CT molecular complexity index is 501. The molecule has 0 bridgehead atoms. The van der Waals surface area contributed by atoms with Crippen LogP contribution in [0.2, 0.25) is 0 Å². The average Bonchev–Trinajstić information content (AvgIpc) is 2.32. The van der Waals surface area contributed by atoms with Gasteiger partial charge in [0.1, 0.15) is 17.8 Å². The second-order valence-corrected chi connectivity index (χ2v) is 3.03. The fourth-order valence-corrected chi connectivity index (χ4v) is 0.994. The van der Waals surface area contributed by atoms with Crippen molar-refractivity contribution in [3.05, 3.63) is 41.8 Å². The third-order valence-corrected chi connectivity index (χ3v) is 1.78. The Morgan fingerprint density at radius 2 is 2.22 bits per heavy atom. The molecular weight excluding hydrogens is 246 g/mol. The van der Waals surface area contributed by atoms with E-state index in [1.54, 1.807) is 6.92 Å². The summed E-state index contributed by atoms with van der Waals surface area (Å²) in [5.41, 5.74) is -0.749.